The van der Waals surface area contributed by atoms with Crippen molar-refractivity contribution in [1.29, 1.82) is 0 Å². The van der Waals surface area contributed by atoms with Gasteiger partial charge in [-0.15, -0.1) is 0 Å². The summed E-state index contributed by atoms with van der Waals surface area (Å²) < 4.78 is 28.2. The molecule has 0 unspecified atom stereocenters. The maximum absolute atomic E-state index is 10.0. The Balaban J connectivity index is 3.75. The highest BCUT2D eigenvalue weighted by Gasteiger charge is 2.05. The second-order valence-electron chi connectivity index (χ2n) is 1.79. The topological polar surface area (TPSA) is 54.4 Å². The van der Waals surface area contributed by atoms with Gasteiger partial charge in [0.15, 0.2) is 0 Å². The average molecular weight is 156 g/mol. The highest BCUT2D eigenvalue weighted by atomic mass is 32.2. The van der Waals surface area contributed by atoms with E-state index >= 15 is 0 Å². The second-order valence-corrected chi connectivity index (χ2v) is 6.15. The first-order valence-electron chi connectivity index (χ1n) is 2.02. The Bertz CT molecular complexity index is 148. The van der Waals surface area contributed by atoms with E-state index in [2.05, 4.69) is 0 Å². The van der Waals surface area contributed by atoms with Crippen LogP contribution >= 0.6 is 7.92 Å². The van der Waals surface area contributed by atoms with Crippen LogP contribution in [0.5, 0.6) is 0 Å². The molecule has 0 aliphatic rings. The summed E-state index contributed by atoms with van der Waals surface area (Å²) in [7, 11) is -4.22. The molecular formula is C3H9O3PS. The van der Waals surface area contributed by atoms with Gasteiger partial charge in [0.1, 0.15) is 0 Å². The van der Waals surface area contributed by atoms with Gasteiger partial charge in [-0.25, -0.2) is 0 Å². The summed E-state index contributed by atoms with van der Waals surface area (Å²) in [5, 5.41) is 0. The zero-order chi connectivity index (χ0) is 6.78. The van der Waals surface area contributed by atoms with Crippen LogP contribution in [0.2, 0.25) is 0 Å². The van der Waals surface area contributed by atoms with Crippen LogP contribution in [0.25, 0.3) is 0 Å². The Morgan fingerprint density at radius 3 is 1.88 bits per heavy atom. The molecule has 0 aliphatic heterocycles. The van der Waals surface area contributed by atoms with Gasteiger partial charge in [0.05, 0.1) is 5.49 Å². The molecule has 8 heavy (non-hydrogen) atoms. The van der Waals surface area contributed by atoms with Crippen molar-refractivity contribution >= 4 is 18.0 Å². The van der Waals surface area contributed by atoms with Gasteiger partial charge in [0, 0.05) is 0 Å². The third-order valence-corrected chi connectivity index (χ3v) is 3.79. The third-order valence-electron chi connectivity index (χ3n) is 0.421. The van der Waals surface area contributed by atoms with Gasteiger partial charge in [-0.2, -0.15) is 8.42 Å². The second kappa shape index (κ2) is 2.76. The molecule has 5 heteroatoms. The summed E-state index contributed by atoms with van der Waals surface area (Å²) in [4.78, 5) is 0. The van der Waals surface area contributed by atoms with E-state index < -0.39 is 18.0 Å². The molecule has 0 radical (unpaired) electrons. The van der Waals surface area contributed by atoms with E-state index in [1.54, 1.807) is 13.3 Å². The average Bonchev–Trinajstić information content (AvgIpc) is 1.21. The molecule has 0 atom stereocenters. The molecule has 1 N–H and O–H groups in total. The largest absolute Gasteiger partial charge is 0.285 e. The van der Waals surface area contributed by atoms with Crippen molar-refractivity contribution in [2.45, 2.75) is 0 Å². The van der Waals surface area contributed by atoms with Crippen molar-refractivity contribution in [2.24, 2.45) is 0 Å². The minimum absolute atomic E-state index is 0.0810. The van der Waals surface area contributed by atoms with Crippen LogP contribution in [0.4, 0.5) is 0 Å². The van der Waals surface area contributed by atoms with E-state index in [0.29, 0.717) is 0 Å². The lowest BCUT2D eigenvalue weighted by molar-refractivity contribution is 0.489. The fourth-order valence-electron chi connectivity index (χ4n) is 0.326. The molecular weight excluding hydrogens is 147 g/mol. The van der Waals surface area contributed by atoms with Crippen LogP contribution in [-0.4, -0.2) is 31.8 Å². The molecule has 0 spiro atoms. The van der Waals surface area contributed by atoms with Gasteiger partial charge >= 0.3 is 0 Å². The predicted molar refractivity (Wildman–Crippen MR) is 35.2 cm³/mol. The molecule has 0 saturated carbocycles. The van der Waals surface area contributed by atoms with Gasteiger partial charge in [-0.3, -0.25) is 4.55 Å². The fraction of sp³-hybridized carbons (Fsp3) is 1.00. The van der Waals surface area contributed by atoms with Crippen molar-refractivity contribution in [2.75, 3.05) is 18.8 Å². The lowest BCUT2D eigenvalue weighted by Gasteiger charge is -1.98. The Morgan fingerprint density at radius 2 is 1.88 bits per heavy atom. The molecule has 0 aliphatic carbocycles. The van der Waals surface area contributed by atoms with Crippen LogP contribution in [0, 0.1) is 0 Å². The number of hydrogen-bond acceptors (Lipinski definition) is 2. The fourth-order valence-corrected chi connectivity index (χ4v) is 2.94. The molecule has 0 bridgehead atoms. The van der Waals surface area contributed by atoms with Crippen LogP contribution in [0.3, 0.4) is 0 Å². The van der Waals surface area contributed by atoms with Crippen molar-refractivity contribution < 1.29 is 13.0 Å². The standard InChI is InChI=1S/C3H9O3PS/c1-7(2)3-8(4,5)6/h3H2,1-2H3,(H,4,5,6). The Hall–Kier alpha value is 0.340. The molecule has 0 heterocycles. The first-order chi connectivity index (χ1) is 3.42. The molecule has 3 nitrogen and oxygen atoms in total. The summed E-state index contributed by atoms with van der Waals surface area (Å²) in [6.07, 6.45) is 0. The Morgan fingerprint density at radius 1 is 1.50 bits per heavy atom. The zero-order valence-corrected chi connectivity index (χ0v) is 6.54. The highest BCUT2D eigenvalue weighted by Crippen LogP contribution is 2.25. The molecule has 0 saturated heterocycles. The molecule has 0 aromatic rings. The first-order valence-corrected chi connectivity index (χ1v) is 6.05. The first kappa shape index (κ1) is 8.34. The number of rotatable bonds is 2. The van der Waals surface area contributed by atoms with Gasteiger partial charge < -0.3 is 0 Å². The Labute approximate surface area is 50.6 Å². The highest BCUT2D eigenvalue weighted by molar-refractivity contribution is 7.93. The molecule has 0 fully saturated rings. The molecule has 0 aromatic heterocycles. The van der Waals surface area contributed by atoms with Crippen molar-refractivity contribution in [1.82, 2.24) is 0 Å². The lowest BCUT2D eigenvalue weighted by atomic mass is 11.8. The predicted octanol–water partition coefficient (Wildman–Crippen LogP) is 0.573. The molecule has 0 rings (SSSR count). The van der Waals surface area contributed by atoms with Crippen LogP contribution in [0.1, 0.15) is 0 Å². The normalized spacial score (nSPS) is 12.5. The van der Waals surface area contributed by atoms with Crippen molar-refractivity contribution in [3.8, 4) is 0 Å². The SMILES string of the molecule is CP(C)CS(=O)(=O)O. The summed E-state index contributed by atoms with van der Waals surface area (Å²) in [6, 6.07) is 0. The smallest absolute Gasteiger partial charge is 0.268 e. The summed E-state index contributed by atoms with van der Waals surface area (Å²) in [5.41, 5.74) is -0.0810. The van der Waals surface area contributed by atoms with E-state index in [9.17, 15) is 8.42 Å². The summed E-state index contributed by atoms with van der Waals surface area (Å²) in [6.45, 7) is 3.59. The van der Waals surface area contributed by atoms with E-state index in [4.69, 9.17) is 4.55 Å². The van der Waals surface area contributed by atoms with E-state index in [-0.39, 0.29) is 5.49 Å². The van der Waals surface area contributed by atoms with E-state index in [1.807, 2.05) is 0 Å². The lowest BCUT2D eigenvalue weighted by Crippen LogP contribution is -2.00. The molecule has 0 amide bonds. The minimum atomic E-state index is -3.69. The number of hydrogen-bond donors (Lipinski definition) is 1. The van der Waals surface area contributed by atoms with Crippen LogP contribution < -0.4 is 0 Å². The van der Waals surface area contributed by atoms with Crippen LogP contribution in [-0.2, 0) is 10.1 Å². The zero-order valence-electron chi connectivity index (χ0n) is 4.83. The minimum Gasteiger partial charge on any atom is -0.285 e. The molecule has 0 aromatic carbocycles. The summed E-state index contributed by atoms with van der Waals surface area (Å²) in [5.74, 6) is 0. The third kappa shape index (κ3) is 6.34. The molecule has 50 valence electrons. The van der Waals surface area contributed by atoms with E-state index in [0.717, 1.165) is 0 Å². The van der Waals surface area contributed by atoms with Gasteiger partial charge in [-0.1, -0.05) is 7.92 Å². The monoisotopic (exact) mass is 156 g/mol. The van der Waals surface area contributed by atoms with Gasteiger partial charge in [0.25, 0.3) is 10.1 Å². The summed E-state index contributed by atoms with van der Waals surface area (Å²) >= 11 is 0. The van der Waals surface area contributed by atoms with E-state index in [1.165, 1.54) is 0 Å². The van der Waals surface area contributed by atoms with Crippen molar-refractivity contribution in [3.63, 3.8) is 0 Å². The van der Waals surface area contributed by atoms with Gasteiger partial charge in [0.2, 0.25) is 0 Å². The maximum Gasteiger partial charge on any atom is 0.268 e. The van der Waals surface area contributed by atoms with Crippen LogP contribution in [0.15, 0.2) is 0 Å². The van der Waals surface area contributed by atoms with Gasteiger partial charge in [-0.05, 0) is 13.3 Å². The quantitative estimate of drug-likeness (QED) is 0.469. The maximum atomic E-state index is 10.0. The Kier molecular flexibility index (Phi) is 2.88. The van der Waals surface area contributed by atoms with Crippen molar-refractivity contribution in [3.05, 3.63) is 0 Å².